The summed E-state index contributed by atoms with van der Waals surface area (Å²) in [4.78, 5) is 8.55. The second kappa shape index (κ2) is 4.71. The molecule has 0 radical (unpaired) electrons. The predicted molar refractivity (Wildman–Crippen MR) is 74.7 cm³/mol. The van der Waals surface area contributed by atoms with Crippen LogP contribution in [0.25, 0.3) is 11.0 Å². The number of aryl methyl sites for hydroxylation is 2. The van der Waals surface area contributed by atoms with E-state index in [0.29, 0.717) is 18.1 Å². The molecule has 0 amide bonds. The fourth-order valence-electron chi connectivity index (χ4n) is 2.03. The lowest BCUT2D eigenvalue weighted by molar-refractivity contribution is 0.722. The lowest BCUT2D eigenvalue weighted by atomic mass is 10.2. The second-order valence-electron chi connectivity index (χ2n) is 4.11. The average molecular weight is 269 g/mol. The molecule has 1 aromatic carbocycles. The van der Waals surface area contributed by atoms with E-state index >= 15 is 0 Å². The fourth-order valence-corrected chi connectivity index (χ4v) is 2.64. The van der Waals surface area contributed by atoms with Crippen molar-refractivity contribution in [2.45, 2.75) is 13.0 Å². The predicted octanol–water partition coefficient (Wildman–Crippen LogP) is 2.19. The first-order chi connectivity index (χ1) is 9.28. The lowest BCUT2D eigenvalue weighted by Crippen LogP contribution is -2.05. The van der Waals surface area contributed by atoms with E-state index in [2.05, 4.69) is 16.0 Å². The number of rotatable bonds is 3. The normalized spacial score (nSPS) is 10.7. The highest BCUT2D eigenvalue weighted by Gasteiger charge is 2.09. The van der Waals surface area contributed by atoms with Crippen LogP contribution in [0.15, 0.2) is 29.8 Å². The Kier molecular flexibility index (Phi) is 2.89. The summed E-state index contributed by atoms with van der Waals surface area (Å²) in [5.41, 5.74) is 8.26. The minimum atomic E-state index is 0.474. The molecule has 0 saturated carbocycles. The van der Waals surface area contributed by atoms with Crippen LogP contribution in [0.5, 0.6) is 0 Å². The number of nitrogen functional groups attached to an aromatic ring is 1. The van der Waals surface area contributed by atoms with Gasteiger partial charge < -0.3 is 10.3 Å². The Bertz CT molecular complexity index is 751. The maximum absolute atomic E-state index is 8.96. The Labute approximate surface area is 113 Å². The summed E-state index contributed by atoms with van der Waals surface area (Å²) in [6.45, 7) is 0.713. The van der Waals surface area contributed by atoms with Crippen molar-refractivity contribution in [2.24, 2.45) is 0 Å². The summed E-state index contributed by atoms with van der Waals surface area (Å²) in [6, 6.07) is 7.53. The van der Waals surface area contributed by atoms with Crippen LogP contribution in [-0.4, -0.2) is 14.5 Å². The van der Waals surface area contributed by atoms with Crippen molar-refractivity contribution in [3.05, 3.63) is 40.3 Å². The van der Waals surface area contributed by atoms with Crippen molar-refractivity contribution in [1.82, 2.24) is 14.5 Å². The standard InChI is InChI=1S/C13H11N5S/c14-8-9-1-2-10-11(7-9)18(13(15)17-10)5-3-12-16-4-6-19-12/h1-2,4,6-7H,3,5H2,(H2,15,17). The number of benzene rings is 1. The molecule has 3 aromatic rings. The molecular weight excluding hydrogens is 258 g/mol. The minimum Gasteiger partial charge on any atom is -0.369 e. The number of hydrogen-bond acceptors (Lipinski definition) is 5. The molecule has 3 rings (SSSR count). The van der Waals surface area contributed by atoms with Gasteiger partial charge in [0.1, 0.15) is 0 Å². The summed E-state index contributed by atoms with van der Waals surface area (Å²) in [5.74, 6) is 0.474. The molecule has 0 unspecified atom stereocenters. The number of thiazole rings is 1. The van der Waals surface area contributed by atoms with E-state index in [-0.39, 0.29) is 0 Å². The smallest absolute Gasteiger partial charge is 0.201 e. The number of imidazole rings is 1. The van der Waals surface area contributed by atoms with Crippen LogP contribution in [0.3, 0.4) is 0 Å². The van der Waals surface area contributed by atoms with Crippen LogP contribution in [0.4, 0.5) is 5.95 Å². The molecule has 2 heterocycles. The summed E-state index contributed by atoms with van der Waals surface area (Å²) >= 11 is 1.63. The molecule has 0 aliphatic rings. The van der Waals surface area contributed by atoms with Crippen molar-refractivity contribution in [2.75, 3.05) is 5.73 Å². The first-order valence-corrected chi connectivity index (χ1v) is 6.70. The number of nitriles is 1. The van der Waals surface area contributed by atoms with E-state index < -0.39 is 0 Å². The van der Waals surface area contributed by atoms with E-state index in [0.717, 1.165) is 22.5 Å². The van der Waals surface area contributed by atoms with Gasteiger partial charge in [-0.25, -0.2) is 9.97 Å². The number of hydrogen-bond donors (Lipinski definition) is 1. The maximum atomic E-state index is 8.96. The molecule has 0 bridgehead atoms. The van der Waals surface area contributed by atoms with Crippen LogP contribution in [0, 0.1) is 11.3 Å². The summed E-state index contributed by atoms with van der Waals surface area (Å²) in [5, 5.41) is 12.0. The van der Waals surface area contributed by atoms with Crippen LogP contribution in [0.2, 0.25) is 0 Å². The lowest BCUT2D eigenvalue weighted by Gasteiger charge is -2.04. The van der Waals surface area contributed by atoms with Crippen molar-refractivity contribution in [3.63, 3.8) is 0 Å². The van der Waals surface area contributed by atoms with Crippen LogP contribution in [-0.2, 0) is 13.0 Å². The van der Waals surface area contributed by atoms with Gasteiger partial charge >= 0.3 is 0 Å². The molecule has 6 heteroatoms. The van der Waals surface area contributed by atoms with E-state index in [1.807, 2.05) is 22.1 Å². The molecule has 2 N–H and O–H groups in total. The zero-order chi connectivity index (χ0) is 13.2. The second-order valence-corrected chi connectivity index (χ2v) is 5.09. The van der Waals surface area contributed by atoms with Gasteiger partial charge in [0.15, 0.2) is 0 Å². The van der Waals surface area contributed by atoms with Crippen LogP contribution >= 0.6 is 11.3 Å². The third kappa shape index (κ3) is 2.16. The molecule has 0 spiro atoms. The highest BCUT2D eigenvalue weighted by Crippen LogP contribution is 2.20. The highest BCUT2D eigenvalue weighted by atomic mass is 32.1. The van der Waals surface area contributed by atoms with Crippen LogP contribution < -0.4 is 5.73 Å². The molecule has 94 valence electrons. The topological polar surface area (TPSA) is 80.5 Å². The van der Waals surface area contributed by atoms with Gasteiger partial charge in [0.05, 0.1) is 27.7 Å². The highest BCUT2D eigenvalue weighted by molar-refractivity contribution is 7.09. The first-order valence-electron chi connectivity index (χ1n) is 5.82. The largest absolute Gasteiger partial charge is 0.369 e. The Morgan fingerprint density at radius 1 is 1.42 bits per heavy atom. The Balaban J connectivity index is 1.97. The van der Waals surface area contributed by atoms with Gasteiger partial charge in [0.2, 0.25) is 5.95 Å². The molecule has 2 aromatic heterocycles. The molecule has 0 saturated heterocycles. The molecule has 0 fully saturated rings. The average Bonchev–Trinajstić information content (AvgIpc) is 3.03. The molecule has 0 aliphatic carbocycles. The van der Waals surface area contributed by atoms with Crippen molar-refractivity contribution < 1.29 is 0 Å². The van der Waals surface area contributed by atoms with E-state index in [9.17, 15) is 0 Å². The van der Waals surface area contributed by atoms with Gasteiger partial charge in [0.25, 0.3) is 0 Å². The SMILES string of the molecule is N#Cc1ccc2nc(N)n(CCc3nccs3)c2c1. The van der Waals surface area contributed by atoms with Crippen LogP contribution in [0.1, 0.15) is 10.6 Å². The third-order valence-electron chi connectivity index (χ3n) is 2.94. The number of anilines is 1. The zero-order valence-electron chi connectivity index (χ0n) is 10.1. The fraction of sp³-hybridized carbons (Fsp3) is 0.154. The van der Waals surface area contributed by atoms with Gasteiger partial charge in [-0.1, -0.05) is 0 Å². The van der Waals surface area contributed by atoms with Crippen molar-refractivity contribution in [1.29, 1.82) is 5.26 Å². The first kappa shape index (κ1) is 11.7. The van der Waals surface area contributed by atoms with E-state index in [1.54, 1.807) is 23.6 Å². The van der Waals surface area contributed by atoms with E-state index in [4.69, 9.17) is 11.0 Å². The molecule has 0 atom stereocenters. The zero-order valence-corrected chi connectivity index (χ0v) is 10.9. The molecular formula is C13H11N5S. The van der Waals surface area contributed by atoms with Gasteiger partial charge in [-0.3, -0.25) is 0 Å². The minimum absolute atomic E-state index is 0.474. The summed E-state index contributed by atoms with van der Waals surface area (Å²) in [6.07, 6.45) is 2.60. The molecule has 5 nitrogen and oxygen atoms in total. The number of fused-ring (bicyclic) bond motifs is 1. The van der Waals surface area contributed by atoms with Gasteiger partial charge in [-0.15, -0.1) is 11.3 Å². The summed E-state index contributed by atoms with van der Waals surface area (Å²) < 4.78 is 1.93. The van der Waals surface area contributed by atoms with E-state index in [1.165, 1.54) is 0 Å². The Morgan fingerprint density at radius 3 is 3.05 bits per heavy atom. The van der Waals surface area contributed by atoms with Crippen molar-refractivity contribution >= 4 is 28.3 Å². The monoisotopic (exact) mass is 269 g/mol. The third-order valence-corrected chi connectivity index (χ3v) is 3.78. The molecule has 0 aliphatic heterocycles. The number of nitrogens with zero attached hydrogens (tertiary/aromatic N) is 4. The van der Waals surface area contributed by atoms with Gasteiger partial charge in [0, 0.05) is 24.5 Å². The van der Waals surface area contributed by atoms with Crippen molar-refractivity contribution in [3.8, 4) is 6.07 Å². The summed E-state index contributed by atoms with van der Waals surface area (Å²) in [7, 11) is 0. The van der Waals surface area contributed by atoms with Gasteiger partial charge in [-0.05, 0) is 18.2 Å². The quantitative estimate of drug-likeness (QED) is 0.790. The van der Waals surface area contributed by atoms with Gasteiger partial charge in [-0.2, -0.15) is 5.26 Å². The molecule has 19 heavy (non-hydrogen) atoms. The maximum Gasteiger partial charge on any atom is 0.201 e. The number of aromatic nitrogens is 3. The Morgan fingerprint density at radius 2 is 2.32 bits per heavy atom. The number of nitrogens with two attached hydrogens (primary N) is 1. The Hall–Kier alpha value is -2.39.